The molecule has 1 unspecified atom stereocenters. The Labute approximate surface area is 106 Å². The SMILES string of the molecule is CCCC(O)CNCC(=O)Nc1ccccc1F. The van der Waals surface area contributed by atoms with Crippen LogP contribution in [-0.2, 0) is 4.79 Å². The summed E-state index contributed by atoms with van der Waals surface area (Å²) >= 11 is 0. The number of amides is 1. The van der Waals surface area contributed by atoms with Crippen LogP contribution < -0.4 is 10.6 Å². The van der Waals surface area contributed by atoms with E-state index in [1.165, 1.54) is 12.1 Å². The summed E-state index contributed by atoms with van der Waals surface area (Å²) in [5, 5.41) is 14.7. The molecule has 0 spiro atoms. The van der Waals surface area contributed by atoms with Crippen LogP contribution in [0.5, 0.6) is 0 Å². The molecule has 0 saturated heterocycles. The minimum Gasteiger partial charge on any atom is -0.392 e. The number of benzene rings is 1. The standard InChI is InChI=1S/C13H19FN2O2/c1-2-5-10(17)8-15-9-13(18)16-12-7-4-3-6-11(12)14/h3-4,6-7,10,15,17H,2,5,8-9H2,1H3,(H,16,18). The summed E-state index contributed by atoms with van der Waals surface area (Å²) in [4.78, 5) is 11.5. The molecule has 0 aliphatic heterocycles. The summed E-state index contributed by atoms with van der Waals surface area (Å²) in [6, 6.07) is 5.99. The maximum Gasteiger partial charge on any atom is 0.238 e. The maximum atomic E-state index is 13.2. The molecule has 0 heterocycles. The van der Waals surface area contributed by atoms with Crippen molar-refractivity contribution in [2.24, 2.45) is 0 Å². The number of hydrogen-bond donors (Lipinski definition) is 3. The molecular weight excluding hydrogens is 235 g/mol. The summed E-state index contributed by atoms with van der Waals surface area (Å²) in [6.45, 7) is 2.39. The largest absolute Gasteiger partial charge is 0.392 e. The van der Waals surface area contributed by atoms with Gasteiger partial charge in [-0.3, -0.25) is 4.79 Å². The van der Waals surface area contributed by atoms with E-state index >= 15 is 0 Å². The molecule has 0 aromatic heterocycles. The Kier molecular flexibility index (Phi) is 6.32. The third-order valence-corrected chi connectivity index (χ3v) is 2.44. The Bertz CT molecular complexity index is 385. The second kappa shape index (κ2) is 7.79. The van der Waals surface area contributed by atoms with Crippen molar-refractivity contribution in [3.8, 4) is 0 Å². The molecule has 1 aromatic rings. The van der Waals surface area contributed by atoms with E-state index in [9.17, 15) is 14.3 Å². The van der Waals surface area contributed by atoms with Crippen LogP contribution in [0.15, 0.2) is 24.3 Å². The van der Waals surface area contributed by atoms with E-state index in [-0.39, 0.29) is 18.1 Å². The summed E-state index contributed by atoms with van der Waals surface area (Å²) < 4.78 is 13.2. The van der Waals surface area contributed by atoms with Crippen molar-refractivity contribution in [1.29, 1.82) is 0 Å². The van der Waals surface area contributed by atoms with Crippen molar-refractivity contribution in [3.63, 3.8) is 0 Å². The van der Waals surface area contributed by atoms with Gasteiger partial charge in [0.05, 0.1) is 18.3 Å². The molecule has 0 aliphatic carbocycles. The topological polar surface area (TPSA) is 61.4 Å². The number of nitrogens with one attached hydrogen (secondary N) is 2. The lowest BCUT2D eigenvalue weighted by atomic mass is 10.2. The lowest BCUT2D eigenvalue weighted by Gasteiger charge is -2.11. The Morgan fingerprint density at radius 1 is 1.44 bits per heavy atom. The molecule has 0 radical (unpaired) electrons. The van der Waals surface area contributed by atoms with E-state index in [0.717, 1.165) is 6.42 Å². The number of anilines is 1. The Morgan fingerprint density at radius 3 is 2.83 bits per heavy atom. The molecule has 1 atom stereocenters. The van der Waals surface area contributed by atoms with E-state index in [4.69, 9.17) is 0 Å². The molecule has 0 aliphatic rings. The van der Waals surface area contributed by atoms with Crippen molar-refractivity contribution < 1.29 is 14.3 Å². The highest BCUT2D eigenvalue weighted by atomic mass is 19.1. The summed E-state index contributed by atoms with van der Waals surface area (Å²) in [6.07, 6.45) is 1.14. The van der Waals surface area contributed by atoms with Gasteiger partial charge in [0.1, 0.15) is 5.82 Å². The third kappa shape index (κ3) is 5.25. The van der Waals surface area contributed by atoms with Crippen molar-refractivity contribution in [2.75, 3.05) is 18.4 Å². The van der Waals surface area contributed by atoms with Crippen molar-refractivity contribution >= 4 is 11.6 Å². The number of para-hydroxylation sites is 1. The minimum atomic E-state index is -0.461. The number of aliphatic hydroxyl groups is 1. The molecule has 4 nitrogen and oxygen atoms in total. The van der Waals surface area contributed by atoms with Gasteiger partial charge in [-0.15, -0.1) is 0 Å². The number of rotatable bonds is 7. The van der Waals surface area contributed by atoms with E-state index in [1.54, 1.807) is 12.1 Å². The van der Waals surface area contributed by atoms with Gasteiger partial charge in [0.25, 0.3) is 0 Å². The van der Waals surface area contributed by atoms with Crippen molar-refractivity contribution in [3.05, 3.63) is 30.1 Å². The van der Waals surface area contributed by atoms with Gasteiger partial charge in [-0.25, -0.2) is 4.39 Å². The van der Waals surface area contributed by atoms with Crippen LogP contribution in [0.4, 0.5) is 10.1 Å². The maximum absolute atomic E-state index is 13.2. The molecule has 0 bridgehead atoms. The lowest BCUT2D eigenvalue weighted by Crippen LogP contribution is -2.33. The van der Waals surface area contributed by atoms with Crippen molar-refractivity contribution in [2.45, 2.75) is 25.9 Å². The molecule has 1 amide bonds. The fraction of sp³-hybridized carbons (Fsp3) is 0.462. The molecule has 5 heteroatoms. The first-order valence-corrected chi connectivity index (χ1v) is 6.06. The van der Waals surface area contributed by atoms with Gasteiger partial charge >= 0.3 is 0 Å². The van der Waals surface area contributed by atoms with Gasteiger partial charge < -0.3 is 15.7 Å². The summed E-state index contributed by atoms with van der Waals surface area (Å²) in [5.41, 5.74) is 0.165. The van der Waals surface area contributed by atoms with E-state index in [1.807, 2.05) is 6.92 Å². The molecule has 18 heavy (non-hydrogen) atoms. The summed E-state index contributed by atoms with van der Waals surface area (Å²) in [7, 11) is 0. The molecule has 0 fully saturated rings. The predicted octanol–water partition coefficient (Wildman–Crippen LogP) is 1.51. The molecule has 1 rings (SSSR count). The van der Waals surface area contributed by atoms with E-state index < -0.39 is 11.9 Å². The number of carbonyl (C=O) groups excluding carboxylic acids is 1. The molecular formula is C13H19FN2O2. The van der Waals surface area contributed by atoms with Crippen LogP contribution in [0.1, 0.15) is 19.8 Å². The monoisotopic (exact) mass is 254 g/mol. The van der Waals surface area contributed by atoms with Crippen LogP contribution >= 0.6 is 0 Å². The lowest BCUT2D eigenvalue weighted by molar-refractivity contribution is -0.115. The Morgan fingerprint density at radius 2 is 2.17 bits per heavy atom. The van der Waals surface area contributed by atoms with Gasteiger partial charge in [0.15, 0.2) is 0 Å². The fourth-order valence-electron chi connectivity index (χ4n) is 1.54. The second-order valence-electron chi connectivity index (χ2n) is 4.10. The molecule has 3 N–H and O–H groups in total. The van der Waals surface area contributed by atoms with Gasteiger partial charge in [-0.2, -0.15) is 0 Å². The second-order valence-corrected chi connectivity index (χ2v) is 4.10. The first-order valence-electron chi connectivity index (χ1n) is 6.06. The van der Waals surface area contributed by atoms with Crippen LogP contribution in [-0.4, -0.2) is 30.2 Å². The quantitative estimate of drug-likeness (QED) is 0.691. The van der Waals surface area contributed by atoms with Gasteiger partial charge in [-0.05, 0) is 18.6 Å². The van der Waals surface area contributed by atoms with Crippen LogP contribution in [0.2, 0.25) is 0 Å². The Hall–Kier alpha value is -1.46. The van der Waals surface area contributed by atoms with Crippen molar-refractivity contribution in [1.82, 2.24) is 5.32 Å². The van der Waals surface area contributed by atoms with E-state index in [2.05, 4.69) is 10.6 Å². The highest BCUT2D eigenvalue weighted by molar-refractivity contribution is 5.92. The number of aliphatic hydroxyl groups excluding tert-OH is 1. The zero-order chi connectivity index (χ0) is 13.4. The number of carbonyl (C=O) groups is 1. The van der Waals surface area contributed by atoms with E-state index in [0.29, 0.717) is 13.0 Å². The van der Waals surface area contributed by atoms with Gasteiger partial charge in [-0.1, -0.05) is 25.5 Å². The summed E-state index contributed by atoms with van der Waals surface area (Å²) in [5.74, 6) is -0.791. The zero-order valence-corrected chi connectivity index (χ0v) is 10.4. The number of halogens is 1. The average molecular weight is 254 g/mol. The predicted molar refractivity (Wildman–Crippen MR) is 68.8 cm³/mol. The Balaban J connectivity index is 2.28. The number of hydrogen-bond acceptors (Lipinski definition) is 3. The minimum absolute atomic E-state index is 0.0507. The molecule has 0 saturated carbocycles. The fourth-order valence-corrected chi connectivity index (χ4v) is 1.54. The van der Waals surface area contributed by atoms with Gasteiger partial charge in [0.2, 0.25) is 5.91 Å². The first kappa shape index (κ1) is 14.6. The smallest absolute Gasteiger partial charge is 0.238 e. The van der Waals surface area contributed by atoms with Crippen LogP contribution in [0.3, 0.4) is 0 Å². The van der Waals surface area contributed by atoms with Crippen LogP contribution in [0, 0.1) is 5.82 Å². The molecule has 1 aromatic carbocycles. The molecule has 100 valence electrons. The zero-order valence-electron chi connectivity index (χ0n) is 10.4. The highest BCUT2D eigenvalue weighted by Crippen LogP contribution is 2.11. The van der Waals surface area contributed by atoms with Gasteiger partial charge in [0, 0.05) is 6.54 Å². The first-order chi connectivity index (χ1) is 8.63. The highest BCUT2D eigenvalue weighted by Gasteiger charge is 2.07. The van der Waals surface area contributed by atoms with Crippen LogP contribution in [0.25, 0.3) is 0 Å². The average Bonchev–Trinajstić information content (AvgIpc) is 2.32. The third-order valence-electron chi connectivity index (χ3n) is 2.44. The normalized spacial score (nSPS) is 12.2.